The van der Waals surface area contributed by atoms with E-state index in [4.69, 9.17) is 4.74 Å². The molecule has 1 saturated carbocycles. The molecule has 2 heteroatoms. The molecule has 0 unspecified atom stereocenters. The zero-order chi connectivity index (χ0) is 16.7. The van der Waals surface area contributed by atoms with Crippen molar-refractivity contribution >= 4 is 5.78 Å². The molecular formula is C21H32O2. The summed E-state index contributed by atoms with van der Waals surface area (Å²) in [6.07, 6.45) is 10.9. The Kier molecular flexibility index (Phi) is 6.68. The molecule has 0 spiro atoms. The number of hydrogen-bond acceptors (Lipinski definition) is 2. The fraction of sp³-hybridized carbons (Fsp3) is 0.667. The van der Waals surface area contributed by atoms with Crippen LogP contribution < -0.4 is 4.74 Å². The highest BCUT2D eigenvalue weighted by Gasteiger charge is 2.30. The normalized spacial score (nSPS) is 18.4. The van der Waals surface area contributed by atoms with Crippen LogP contribution in [-0.2, 0) is 11.2 Å². The first kappa shape index (κ1) is 18.0. The molecule has 1 aliphatic rings. The van der Waals surface area contributed by atoms with Crippen LogP contribution in [0.4, 0.5) is 0 Å². The van der Waals surface area contributed by atoms with Gasteiger partial charge in [-0.05, 0) is 55.2 Å². The molecule has 0 saturated heterocycles. The number of carbonyl (C=O) groups excluding carboxylic acids is 1. The third-order valence-electron chi connectivity index (χ3n) is 5.36. The van der Waals surface area contributed by atoms with Crippen molar-refractivity contribution in [2.24, 2.45) is 11.3 Å². The first-order valence-electron chi connectivity index (χ1n) is 9.13. The van der Waals surface area contributed by atoms with E-state index in [2.05, 4.69) is 19.1 Å². The highest BCUT2D eigenvalue weighted by molar-refractivity contribution is 5.76. The molecule has 23 heavy (non-hydrogen) atoms. The van der Waals surface area contributed by atoms with Gasteiger partial charge in [-0.2, -0.15) is 0 Å². The second kappa shape index (κ2) is 8.52. The minimum absolute atomic E-state index is 0.147. The lowest BCUT2D eigenvalue weighted by atomic mass is 9.70. The van der Waals surface area contributed by atoms with Gasteiger partial charge in [-0.25, -0.2) is 0 Å². The summed E-state index contributed by atoms with van der Waals surface area (Å²) in [4.78, 5) is 11.8. The summed E-state index contributed by atoms with van der Waals surface area (Å²) in [6.45, 7) is 4.07. The zero-order valence-corrected chi connectivity index (χ0v) is 15.1. The SMILES string of the molecule is COc1ccc(CC[C@](C)(CC(C)=O)CC2CCCCC2)cc1. The highest BCUT2D eigenvalue weighted by atomic mass is 16.5. The molecule has 0 N–H and O–H groups in total. The topological polar surface area (TPSA) is 26.3 Å². The van der Waals surface area contributed by atoms with Crippen LogP contribution in [0.15, 0.2) is 24.3 Å². The Balaban J connectivity index is 1.96. The summed E-state index contributed by atoms with van der Waals surface area (Å²) in [5.74, 6) is 2.06. The van der Waals surface area contributed by atoms with Gasteiger partial charge in [-0.15, -0.1) is 0 Å². The van der Waals surface area contributed by atoms with Crippen molar-refractivity contribution in [3.8, 4) is 5.75 Å². The van der Waals surface area contributed by atoms with Gasteiger partial charge in [0.15, 0.2) is 0 Å². The third-order valence-corrected chi connectivity index (χ3v) is 5.36. The number of benzene rings is 1. The van der Waals surface area contributed by atoms with Crippen molar-refractivity contribution < 1.29 is 9.53 Å². The van der Waals surface area contributed by atoms with Crippen molar-refractivity contribution in [3.05, 3.63) is 29.8 Å². The van der Waals surface area contributed by atoms with E-state index in [1.165, 1.54) is 44.1 Å². The van der Waals surface area contributed by atoms with Crippen LogP contribution in [0, 0.1) is 11.3 Å². The lowest BCUT2D eigenvalue weighted by Crippen LogP contribution is -2.25. The molecule has 1 fully saturated rings. The number of aryl methyl sites for hydroxylation is 1. The predicted octanol–water partition coefficient (Wildman–Crippen LogP) is 5.58. The highest BCUT2D eigenvalue weighted by Crippen LogP contribution is 2.40. The zero-order valence-electron chi connectivity index (χ0n) is 15.1. The number of rotatable bonds is 8. The van der Waals surface area contributed by atoms with Crippen LogP contribution in [0.3, 0.4) is 0 Å². The molecule has 0 radical (unpaired) electrons. The minimum Gasteiger partial charge on any atom is -0.497 e. The number of Topliss-reactive ketones (excluding diaryl/α,β-unsaturated/α-hetero) is 1. The molecule has 1 aromatic rings. The van der Waals surface area contributed by atoms with Gasteiger partial charge in [-0.3, -0.25) is 0 Å². The van der Waals surface area contributed by atoms with Gasteiger partial charge in [-0.1, -0.05) is 51.2 Å². The summed E-state index contributed by atoms with van der Waals surface area (Å²) in [6, 6.07) is 8.35. The van der Waals surface area contributed by atoms with Gasteiger partial charge in [0.1, 0.15) is 11.5 Å². The molecule has 2 rings (SSSR count). The van der Waals surface area contributed by atoms with E-state index in [1.807, 2.05) is 12.1 Å². The summed E-state index contributed by atoms with van der Waals surface area (Å²) in [7, 11) is 1.70. The second-order valence-electron chi connectivity index (χ2n) is 7.75. The molecule has 0 bridgehead atoms. The number of methoxy groups -OCH3 is 1. The molecular weight excluding hydrogens is 284 g/mol. The smallest absolute Gasteiger partial charge is 0.130 e. The molecule has 1 atom stereocenters. The van der Waals surface area contributed by atoms with E-state index in [-0.39, 0.29) is 5.41 Å². The first-order chi connectivity index (χ1) is 11.0. The van der Waals surface area contributed by atoms with Crippen molar-refractivity contribution in [1.82, 2.24) is 0 Å². The maximum Gasteiger partial charge on any atom is 0.130 e. The van der Waals surface area contributed by atoms with E-state index < -0.39 is 0 Å². The lowest BCUT2D eigenvalue weighted by Gasteiger charge is -2.34. The number of carbonyl (C=O) groups is 1. The van der Waals surface area contributed by atoms with Crippen LogP contribution in [-0.4, -0.2) is 12.9 Å². The molecule has 0 heterocycles. The summed E-state index contributed by atoms with van der Waals surface area (Å²) < 4.78 is 5.22. The van der Waals surface area contributed by atoms with Gasteiger partial charge in [0.05, 0.1) is 7.11 Å². The average Bonchev–Trinajstić information content (AvgIpc) is 2.53. The maximum absolute atomic E-state index is 11.8. The van der Waals surface area contributed by atoms with Crippen LogP contribution in [0.5, 0.6) is 5.75 Å². The molecule has 128 valence electrons. The fourth-order valence-electron chi connectivity index (χ4n) is 4.19. The lowest BCUT2D eigenvalue weighted by molar-refractivity contribution is -0.119. The maximum atomic E-state index is 11.8. The predicted molar refractivity (Wildman–Crippen MR) is 95.9 cm³/mol. The number of ether oxygens (including phenoxy) is 1. The second-order valence-corrected chi connectivity index (χ2v) is 7.75. The largest absolute Gasteiger partial charge is 0.497 e. The Hall–Kier alpha value is -1.31. The Morgan fingerprint density at radius 1 is 1.17 bits per heavy atom. The monoisotopic (exact) mass is 316 g/mol. The molecule has 0 aliphatic heterocycles. The van der Waals surface area contributed by atoms with E-state index in [9.17, 15) is 4.79 Å². The molecule has 2 nitrogen and oxygen atoms in total. The summed E-state index contributed by atoms with van der Waals surface area (Å²) in [5.41, 5.74) is 1.48. The van der Waals surface area contributed by atoms with Gasteiger partial charge >= 0.3 is 0 Å². The van der Waals surface area contributed by atoms with E-state index in [0.29, 0.717) is 5.78 Å². The Morgan fingerprint density at radius 2 is 1.83 bits per heavy atom. The quantitative estimate of drug-likeness (QED) is 0.625. The third kappa shape index (κ3) is 6.01. The van der Waals surface area contributed by atoms with Gasteiger partial charge < -0.3 is 9.53 Å². The first-order valence-corrected chi connectivity index (χ1v) is 9.13. The van der Waals surface area contributed by atoms with Crippen LogP contribution in [0.1, 0.15) is 70.8 Å². The summed E-state index contributed by atoms with van der Waals surface area (Å²) in [5, 5.41) is 0. The van der Waals surface area contributed by atoms with E-state index >= 15 is 0 Å². The van der Waals surface area contributed by atoms with Gasteiger partial charge in [0, 0.05) is 6.42 Å². The van der Waals surface area contributed by atoms with Crippen LogP contribution in [0.2, 0.25) is 0 Å². The fourth-order valence-corrected chi connectivity index (χ4v) is 4.19. The van der Waals surface area contributed by atoms with Crippen LogP contribution in [0.25, 0.3) is 0 Å². The standard InChI is InChI=1S/C21H32O2/c1-17(22)15-21(2,16-19-7-5-4-6-8-19)14-13-18-9-11-20(23-3)12-10-18/h9-12,19H,4-8,13-16H2,1-3H3/t21-/m1/s1. The number of ketones is 1. The van der Waals surface area contributed by atoms with Crippen molar-refractivity contribution in [1.29, 1.82) is 0 Å². The van der Waals surface area contributed by atoms with E-state index in [0.717, 1.165) is 30.9 Å². The van der Waals surface area contributed by atoms with Crippen molar-refractivity contribution in [2.45, 2.75) is 71.6 Å². The molecule has 0 aromatic heterocycles. The molecule has 1 aliphatic carbocycles. The molecule has 0 amide bonds. The minimum atomic E-state index is 0.147. The Labute approximate surface area is 141 Å². The van der Waals surface area contributed by atoms with Crippen LogP contribution >= 0.6 is 0 Å². The number of hydrogen-bond donors (Lipinski definition) is 0. The Morgan fingerprint density at radius 3 is 2.39 bits per heavy atom. The van der Waals surface area contributed by atoms with Crippen molar-refractivity contribution in [3.63, 3.8) is 0 Å². The van der Waals surface area contributed by atoms with Gasteiger partial charge in [0.25, 0.3) is 0 Å². The summed E-state index contributed by atoms with van der Waals surface area (Å²) >= 11 is 0. The van der Waals surface area contributed by atoms with Crippen molar-refractivity contribution in [2.75, 3.05) is 7.11 Å². The van der Waals surface area contributed by atoms with Gasteiger partial charge in [0.2, 0.25) is 0 Å². The Bertz CT molecular complexity index is 485. The van der Waals surface area contributed by atoms with E-state index in [1.54, 1.807) is 14.0 Å². The molecule has 1 aromatic carbocycles. The average molecular weight is 316 g/mol.